The molecule has 4 aliphatic heterocycles. The van der Waals surface area contributed by atoms with Crippen LogP contribution in [0.25, 0.3) is 0 Å². The minimum atomic E-state index is -2.18. The minimum Gasteiger partial charge on any atom is -0.497 e. The highest BCUT2D eigenvalue weighted by Gasteiger charge is 2.65. The molecule has 4 saturated heterocycles. The highest BCUT2D eigenvalue weighted by atomic mass is 28.4. The van der Waals surface area contributed by atoms with E-state index in [0.717, 1.165) is 68.3 Å². The van der Waals surface area contributed by atoms with Gasteiger partial charge in [0.05, 0.1) is 86.3 Å². The molecule has 0 N–H and O–H groups in total. The minimum absolute atomic E-state index is 0.0351. The van der Waals surface area contributed by atoms with Crippen LogP contribution in [0.2, 0.25) is 36.3 Å². The molecule has 1 aliphatic carbocycles. The van der Waals surface area contributed by atoms with Crippen molar-refractivity contribution in [3.8, 4) is 5.75 Å². The van der Waals surface area contributed by atoms with Crippen LogP contribution in [0.3, 0.4) is 0 Å². The van der Waals surface area contributed by atoms with Crippen molar-refractivity contribution in [2.75, 3.05) is 20.3 Å². The second-order valence-electron chi connectivity index (χ2n) is 25.3. The maximum absolute atomic E-state index is 12.4. The average molecular weight is 957 g/mol. The molecule has 5 aliphatic rings. The summed E-state index contributed by atoms with van der Waals surface area (Å²) in [7, 11) is -2.45. The Hall–Kier alpha value is -1.62. The second kappa shape index (κ2) is 20.2. The Bertz CT molecular complexity index is 1800. The van der Waals surface area contributed by atoms with Crippen LogP contribution >= 0.6 is 0 Å². The van der Waals surface area contributed by atoms with Gasteiger partial charge in [-0.2, -0.15) is 0 Å². The zero-order valence-electron chi connectivity index (χ0n) is 44.4. The standard InChI is InChI=1S/C54H92O10Si2/c1-35-32-54(27-25-46-53(54,13)33-40(60-46)20-19-28-57-49(55)50(4,5)6)63-42(36(35)2)30-44-47(58-34-38-21-23-39(56-14)24-22-38)37(3)48-45(61-44)31-43(64-66(17,18)52(10,11)12)41(62-48)26-29-59-65(15,16)51(7,8)9/h21-24,35,37,40-48H,2,19-20,25-34H2,1,3-18H3/t35-,37-,40+,41-,42-,43-,44+,45+,46+,47-,48+,53+,54?/m1/s1. The van der Waals surface area contributed by atoms with Gasteiger partial charge in [-0.3, -0.25) is 4.79 Å². The molecule has 0 bridgehead atoms. The molecule has 6 rings (SSSR count). The number of benzene rings is 1. The second-order valence-corrected chi connectivity index (χ2v) is 34.9. The average Bonchev–Trinajstić information content (AvgIpc) is 3.67. The lowest BCUT2D eigenvalue weighted by atomic mass is 9.65. The molecule has 0 aromatic heterocycles. The van der Waals surface area contributed by atoms with Crippen molar-refractivity contribution < 1.29 is 46.8 Å². The van der Waals surface area contributed by atoms with Gasteiger partial charge in [-0.25, -0.2) is 0 Å². The van der Waals surface area contributed by atoms with Crippen molar-refractivity contribution in [1.29, 1.82) is 0 Å². The Morgan fingerprint density at radius 2 is 1.53 bits per heavy atom. The predicted octanol–water partition coefficient (Wildman–Crippen LogP) is 12.4. The van der Waals surface area contributed by atoms with Gasteiger partial charge in [-0.1, -0.05) is 81.0 Å². The van der Waals surface area contributed by atoms with Crippen LogP contribution in [0, 0.1) is 22.7 Å². The molecule has 1 unspecified atom stereocenters. The monoisotopic (exact) mass is 957 g/mol. The molecular formula is C54H92O10Si2. The number of carbonyl (C=O) groups is 1. The Morgan fingerprint density at radius 1 is 0.864 bits per heavy atom. The molecule has 66 heavy (non-hydrogen) atoms. The highest BCUT2D eigenvalue weighted by Crippen LogP contribution is 2.62. The van der Waals surface area contributed by atoms with Crippen molar-refractivity contribution in [2.24, 2.45) is 22.7 Å². The van der Waals surface area contributed by atoms with E-state index in [1.165, 1.54) is 0 Å². The molecule has 1 aromatic carbocycles. The van der Waals surface area contributed by atoms with E-state index in [1.54, 1.807) is 7.11 Å². The summed E-state index contributed by atoms with van der Waals surface area (Å²) in [5.74, 6) is 0.975. The summed E-state index contributed by atoms with van der Waals surface area (Å²) in [6.45, 7) is 42.1. The Morgan fingerprint density at radius 3 is 2.15 bits per heavy atom. The van der Waals surface area contributed by atoms with E-state index in [9.17, 15) is 4.79 Å². The van der Waals surface area contributed by atoms with Gasteiger partial charge in [-0.15, -0.1) is 0 Å². The van der Waals surface area contributed by atoms with Crippen LogP contribution in [-0.2, 0) is 48.7 Å². The number of methoxy groups -OCH3 is 1. The maximum atomic E-state index is 12.4. The lowest BCUT2D eigenvalue weighted by molar-refractivity contribution is -0.279. The van der Waals surface area contributed by atoms with Gasteiger partial charge in [0.1, 0.15) is 5.75 Å². The van der Waals surface area contributed by atoms with E-state index in [-0.39, 0.29) is 93.8 Å². The van der Waals surface area contributed by atoms with Crippen LogP contribution < -0.4 is 4.74 Å². The number of hydrogen-bond donors (Lipinski definition) is 0. The van der Waals surface area contributed by atoms with Gasteiger partial charge < -0.3 is 42.0 Å². The van der Waals surface area contributed by atoms with Gasteiger partial charge in [0.25, 0.3) is 0 Å². The first-order valence-electron chi connectivity index (χ1n) is 25.6. The maximum Gasteiger partial charge on any atom is 0.311 e. The largest absolute Gasteiger partial charge is 0.497 e. The van der Waals surface area contributed by atoms with Gasteiger partial charge in [0.15, 0.2) is 16.6 Å². The summed E-state index contributed by atoms with van der Waals surface area (Å²) in [6.07, 6.45) is 6.58. The van der Waals surface area contributed by atoms with Gasteiger partial charge in [0.2, 0.25) is 0 Å². The number of hydrogen-bond acceptors (Lipinski definition) is 10. The van der Waals surface area contributed by atoms with Crippen molar-refractivity contribution in [1.82, 2.24) is 0 Å². The normalized spacial score (nSPS) is 35.5. The molecule has 1 spiro atoms. The van der Waals surface area contributed by atoms with Crippen molar-refractivity contribution in [3.63, 3.8) is 0 Å². The zero-order valence-corrected chi connectivity index (χ0v) is 46.4. The summed E-state index contributed by atoms with van der Waals surface area (Å²) in [5.41, 5.74) is 1.23. The molecular weight excluding hydrogens is 865 g/mol. The molecule has 1 saturated carbocycles. The number of ether oxygens (including phenoxy) is 7. The molecule has 0 radical (unpaired) electrons. The smallest absolute Gasteiger partial charge is 0.311 e. The number of esters is 1. The lowest BCUT2D eigenvalue weighted by Crippen LogP contribution is -2.63. The topological polar surface area (TPSA) is 100 Å². The molecule has 5 fully saturated rings. The molecule has 4 heterocycles. The van der Waals surface area contributed by atoms with Crippen LogP contribution in [0.5, 0.6) is 5.75 Å². The fraction of sp³-hybridized carbons (Fsp3) is 0.833. The Labute approximate surface area is 402 Å². The summed E-state index contributed by atoms with van der Waals surface area (Å²) < 4.78 is 61.3. The van der Waals surface area contributed by atoms with Gasteiger partial charge in [0, 0.05) is 30.8 Å². The summed E-state index contributed by atoms with van der Waals surface area (Å²) >= 11 is 0. The highest BCUT2D eigenvalue weighted by molar-refractivity contribution is 6.74. The quantitative estimate of drug-likeness (QED) is 0.0689. The third-order valence-electron chi connectivity index (χ3n) is 17.4. The molecule has 376 valence electrons. The Balaban J connectivity index is 1.23. The first kappa shape index (κ1) is 53.7. The third-order valence-corrected chi connectivity index (χ3v) is 26.5. The van der Waals surface area contributed by atoms with Gasteiger partial charge >= 0.3 is 5.97 Å². The molecule has 10 nitrogen and oxygen atoms in total. The van der Waals surface area contributed by atoms with Crippen LogP contribution in [0.1, 0.15) is 146 Å². The van der Waals surface area contributed by atoms with Crippen molar-refractivity contribution >= 4 is 22.6 Å². The summed E-state index contributed by atoms with van der Waals surface area (Å²) in [5, 5.41) is 0.167. The van der Waals surface area contributed by atoms with E-state index in [1.807, 2.05) is 32.9 Å². The van der Waals surface area contributed by atoms with E-state index >= 15 is 0 Å². The van der Waals surface area contributed by atoms with Crippen molar-refractivity contribution in [2.45, 2.75) is 244 Å². The summed E-state index contributed by atoms with van der Waals surface area (Å²) in [6, 6.07) is 8.14. The predicted molar refractivity (Wildman–Crippen MR) is 268 cm³/mol. The SMILES string of the molecule is C=C1[C@H](C)CC2(CC[C@@H]3O[C@@H](CCCOC(=O)C(C)(C)C)C[C@@]32C)O[C@@H]1C[C@@H]1O[C@H]2C[C@@H](O[Si](C)(C)C(C)(C)C)[C@@H](CCO[Si](C)(C)C(C)(C)C)O[C@H]2[C@H](C)[C@H]1OCc1ccc(OC)cc1. The number of fused-ring (bicyclic) bond motifs is 3. The lowest BCUT2D eigenvalue weighted by Gasteiger charge is -2.54. The third kappa shape index (κ3) is 11.6. The van der Waals surface area contributed by atoms with Crippen LogP contribution in [-0.4, -0.2) is 103 Å². The van der Waals surface area contributed by atoms with E-state index in [2.05, 4.69) is 101 Å². The molecule has 12 heteroatoms. The molecule has 13 atom stereocenters. The fourth-order valence-electron chi connectivity index (χ4n) is 10.9. The van der Waals surface area contributed by atoms with Crippen LogP contribution in [0.15, 0.2) is 36.4 Å². The number of carbonyl (C=O) groups excluding carboxylic acids is 1. The molecule has 0 amide bonds. The summed E-state index contributed by atoms with van der Waals surface area (Å²) in [4.78, 5) is 12.4. The van der Waals surface area contributed by atoms with Gasteiger partial charge in [-0.05, 0) is 131 Å². The first-order valence-corrected chi connectivity index (χ1v) is 31.4. The van der Waals surface area contributed by atoms with Crippen molar-refractivity contribution in [3.05, 3.63) is 42.0 Å². The Kier molecular flexibility index (Phi) is 16.5. The fourth-order valence-corrected chi connectivity index (χ4v) is 13.4. The van der Waals surface area contributed by atoms with E-state index in [0.29, 0.717) is 26.2 Å². The molecule has 1 aromatic rings. The van der Waals surface area contributed by atoms with Crippen LogP contribution in [0.4, 0.5) is 0 Å². The zero-order chi connectivity index (χ0) is 48.8. The first-order chi connectivity index (χ1) is 30.5. The van der Waals surface area contributed by atoms with E-state index in [4.69, 9.17) is 48.6 Å². The van der Waals surface area contributed by atoms with E-state index < -0.39 is 22.0 Å². The number of rotatable bonds is 16.